The average Bonchev–Trinajstić information content (AvgIpc) is 2.94. The third kappa shape index (κ3) is 2.52. The second-order valence-corrected chi connectivity index (χ2v) is 5.05. The summed E-state index contributed by atoms with van der Waals surface area (Å²) in [6, 6.07) is 3.18. The summed E-state index contributed by atoms with van der Waals surface area (Å²) in [6.07, 6.45) is 4.20. The maximum atomic E-state index is 12.2. The molecule has 0 radical (unpaired) electrons. The fourth-order valence-corrected chi connectivity index (χ4v) is 2.49. The molecule has 0 aliphatic rings. The quantitative estimate of drug-likeness (QED) is 0.389. The molecule has 1 amide bonds. The van der Waals surface area contributed by atoms with Crippen molar-refractivity contribution in [3.63, 3.8) is 0 Å². The molecule has 0 atom stereocenters. The van der Waals surface area contributed by atoms with Crippen LogP contribution < -0.4 is 10.7 Å². The van der Waals surface area contributed by atoms with Crippen molar-refractivity contribution in [1.82, 2.24) is 9.97 Å². The van der Waals surface area contributed by atoms with Gasteiger partial charge < -0.3 is 15.0 Å². The van der Waals surface area contributed by atoms with Crippen LogP contribution >= 0.6 is 0 Å². The van der Waals surface area contributed by atoms with Crippen LogP contribution in [0.4, 0.5) is 5.69 Å². The minimum atomic E-state index is -0.268. The smallest absolute Gasteiger partial charge is 0.221 e. The number of allylic oxidation sites excluding steroid dienone is 1. The highest BCUT2D eigenvalue weighted by molar-refractivity contribution is 6.16. The first-order valence-electron chi connectivity index (χ1n) is 6.85. The van der Waals surface area contributed by atoms with Crippen LogP contribution in [0.3, 0.4) is 0 Å². The molecule has 3 rings (SSSR count). The van der Waals surface area contributed by atoms with Crippen LogP contribution in [0.5, 0.6) is 0 Å². The number of methoxy groups -OCH3 is 1. The topological polar surface area (TPSA) is 108 Å². The van der Waals surface area contributed by atoms with E-state index in [1.165, 1.54) is 32.4 Å². The zero-order valence-electron chi connectivity index (χ0n) is 12.6. The van der Waals surface area contributed by atoms with Crippen LogP contribution in [0, 0.1) is 5.41 Å². The molecule has 0 fully saturated rings. The third-order valence-corrected chi connectivity index (χ3v) is 3.41. The van der Waals surface area contributed by atoms with Gasteiger partial charge in [0.25, 0.3) is 0 Å². The van der Waals surface area contributed by atoms with Crippen LogP contribution in [0.25, 0.3) is 21.8 Å². The van der Waals surface area contributed by atoms with Gasteiger partial charge >= 0.3 is 0 Å². The monoisotopic (exact) mass is 310 g/mol. The number of ether oxygens (including phenoxy) is 1. The molecule has 23 heavy (non-hydrogen) atoms. The van der Waals surface area contributed by atoms with E-state index in [9.17, 15) is 9.59 Å². The Labute approximate surface area is 130 Å². The molecule has 116 valence electrons. The van der Waals surface area contributed by atoms with Crippen molar-refractivity contribution >= 4 is 39.2 Å². The highest BCUT2D eigenvalue weighted by Gasteiger charge is 2.15. The second kappa shape index (κ2) is 5.53. The lowest BCUT2D eigenvalue weighted by atomic mass is 10.1. The molecule has 2 heterocycles. The predicted molar refractivity (Wildman–Crippen MR) is 85.4 cm³/mol. The van der Waals surface area contributed by atoms with Gasteiger partial charge in [0.15, 0.2) is 0 Å². The number of carbonyl (C=O) groups is 2. The third-order valence-electron chi connectivity index (χ3n) is 3.41. The van der Waals surface area contributed by atoms with E-state index >= 15 is 0 Å². The number of ketones is 1. The molecule has 7 heteroatoms. The van der Waals surface area contributed by atoms with Gasteiger partial charge in [-0.2, -0.15) is 0 Å². The van der Waals surface area contributed by atoms with E-state index < -0.39 is 0 Å². The highest BCUT2D eigenvalue weighted by atomic mass is 16.5. The molecule has 0 bridgehead atoms. The number of benzene rings is 1. The standard InChI is InChI=1S/C16H14N4O3/c1-8(21)19-12-6-10(17)15-14-9(7-18-15)5-11(20-16(12)14)13(22)3-4-23-2/h3-7,17,20H,1-2H3,(H,19,21). The predicted octanol–water partition coefficient (Wildman–Crippen LogP) is 1.93. The molecule has 2 aromatic heterocycles. The molecule has 0 aliphatic heterocycles. The molecule has 1 aromatic carbocycles. The van der Waals surface area contributed by atoms with Crippen molar-refractivity contribution in [2.75, 3.05) is 12.4 Å². The minimum Gasteiger partial charge on any atom is -0.504 e. The van der Waals surface area contributed by atoms with Crippen LogP contribution in [0.1, 0.15) is 17.4 Å². The van der Waals surface area contributed by atoms with E-state index in [0.29, 0.717) is 27.8 Å². The van der Waals surface area contributed by atoms with Crippen LogP contribution in [0.15, 0.2) is 30.7 Å². The molecule has 0 saturated carbocycles. The lowest BCUT2D eigenvalue weighted by Gasteiger charge is -2.09. The number of aromatic nitrogens is 2. The first kappa shape index (κ1) is 14.7. The number of nitrogens with zero attached hydrogens (tertiary/aromatic N) is 1. The van der Waals surface area contributed by atoms with Crippen LogP contribution in [-0.2, 0) is 9.53 Å². The highest BCUT2D eigenvalue weighted by Crippen LogP contribution is 2.29. The SMILES string of the molecule is COC=CC(=O)c1cc2cnc3c(=N)cc(NC(C)=O)c([nH]1)c23. The van der Waals surface area contributed by atoms with Crippen molar-refractivity contribution in [3.8, 4) is 0 Å². The maximum absolute atomic E-state index is 12.2. The fourth-order valence-electron chi connectivity index (χ4n) is 2.49. The number of hydrogen-bond donors (Lipinski definition) is 3. The summed E-state index contributed by atoms with van der Waals surface area (Å²) in [6.45, 7) is 1.39. The Bertz CT molecular complexity index is 1000. The first-order valence-corrected chi connectivity index (χ1v) is 6.85. The molecular weight excluding hydrogens is 296 g/mol. The Hall–Kier alpha value is -3.22. The molecule has 0 aliphatic carbocycles. The van der Waals surface area contributed by atoms with Crippen molar-refractivity contribution in [2.45, 2.75) is 6.92 Å². The average molecular weight is 310 g/mol. The zero-order valence-corrected chi connectivity index (χ0v) is 12.6. The number of amides is 1. The molecule has 0 saturated heterocycles. The second-order valence-electron chi connectivity index (χ2n) is 5.05. The van der Waals surface area contributed by atoms with Gasteiger partial charge in [0, 0.05) is 30.0 Å². The Morgan fingerprint density at radius 1 is 1.39 bits per heavy atom. The number of nitrogens with one attached hydrogen (secondary N) is 3. The Balaban J connectivity index is 2.30. The Kier molecular flexibility index (Phi) is 3.53. The summed E-state index contributed by atoms with van der Waals surface area (Å²) in [4.78, 5) is 30.8. The fraction of sp³-hybridized carbons (Fsp3) is 0.125. The van der Waals surface area contributed by atoms with Gasteiger partial charge in [0.05, 0.1) is 41.1 Å². The van der Waals surface area contributed by atoms with Crippen LogP contribution in [-0.4, -0.2) is 28.8 Å². The number of pyridine rings is 1. The lowest BCUT2D eigenvalue weighted by Crippen LogP contribution is -2.11. The normalized spacial score (nSPS) is 11.4. The van der Waals surface area contributed by atoms with E-state index in [4.69, 9.17) is 10.1 Å². The molecule has 0 spiro atoms. The summed E-state index contributed by atoms with van der Waals surface area (Å²) in [5.41, 5.74) is 1.87. The van der Waals surface area contributed by atoms with Crippen molar-refractivity contribution in [2.24, 2.45) is 0 Å². The number of rotatable bonds is 4. The number of carbonyl (C=O) groups excluding carboxylic acids is 2. The van der Waals surface area contributed by atoms with Gasteiger partial charge in [0.2, 0.25) is 11.7 Å². The van der Waals surface area contributed by atoms with Gasteiger partial charge in [-0.3, -0.25) is 20.0 Å². The number of aromatic amines is 1. The molecule has 0 unspecified atom stereocenters. The van der Waals surface area contributed by atoms with E-state index in [-0.39, 0.29) is 17.0 Å². The van der Waals surface area contributed by atoms with Gasteiger partial charge in [-0.15, -0.1) is 0 Å². The van der Waals surface area contributed by atoms with Crippen LogP contribution in [0.2, 0.25) is 0 Å². The van der Waals surface area contributed by atoms with Crippen molar-refractivity contribution < 1.29 is 14.3 Å². The van der Waals surface area contributed by atoms with E-state index in [1.807, 2.05) is 0 Å². The molecule has 7 nitrogen and oxygen atoms in total. The molecular formula is C16H14N4O3. The van der Waals surface area contributed by atoms with E-state index in [0.717, 1.165) is 5.39 Å². The summed E-state index contributed by atoms with van der Waals surface area (Å²) in [7, 11) is 1.46. The lowest BCUT2D eigenvalue weighted by molar-refractivity contribution is -0.114. The molecule has 3 aromatic rings. The summed E-state index contributed by atoms with van der Waals surface area (Å²) in [5.74, 6) is -0.528. The van der Waals surface area contributed by atoms with Gasteiger partial charge in [-0.25, -0.2) is 0 Å². The van der Waals surface area contributed by atoms with Crippen molar-refractivity contribution in [1.29, 1.82) is 5.41 Å². The zero-order chi connectivity index (χ0) is 16.6. The maximum Gasteiger partial charge on any atom is 0.221 e. The number of H-pyrrole nitrogens is 1. The Morgan fingerprint density at radius 3 is 2.87 bits per heavy atom. The summed E-state index contributed by atoms with van der Waals surface area (Å²) >= 11 is 0. The van der Waals surface area contributed by atoms with Crippen molar-refractivity contribution in [3.05, 3.63) is 41.7 Å². The number of anilines is 1. The van der Waals surface area contributed by atoms with Gasteiger partial charge in [0.1, 0.15) is 0 Å². The largest absolute Gasteiger partial charge is 0.504 e. The number of hydrogen-bond acceptors (Lipinski definition) is 5. The van der Waals surface area contributed by atoms with Gasteiger partial charge in [-0.05, 0) is 12.1 Å². The molecule has 3 N–H and O–H groups in total. The van der Waals surface area contributed by atoms with E-state index in [2.05, 4.69) is 15.3 Å². The Morgan fingerprint density at radius 2 is 2.17 bits per heavy atom. The minimum absolute atomic E-state index is 0.211. The first-order chi connectivity index (χ1) is 11.0. The summed E-state index contributed by atoms with van der Waals surface area (Å²) < 4.78 is 4.76. The van der Waals surface area contributed by atoms with Gasteiger partial charge in [-0.1, -0.05) is 0 Å². The summed E-state index contributed by atoms with van der Waals surface area (Å²) in [5, 5.41) is 12.4. The van der Waals surface area contributed by atoms with E-state index in [1.54, 1.807) is 12.3 Å².